The molecule has 0 unspecified atom stereocenters. The maximum absolute atomic E-state index is 13.5. The average Bonchev–Trinajstić information content (AvgIpc) is 2.46. The Morgan fingerprint density at radius 3 is 3.11 bits per heavy atom. The van der Waals surface area contributed by atoms with Crippen LogP contribution in [0.5, 0.6) is 0 Å². The van der Waals surface area contributed by atoms with Crippen molar-refractivity contribution < 1.29 is 9.13 Å². The number of methoxy groups -OCH3 is 1. The molecule has 1 aromatic carbocycles. The molecule has 2 aromatic rings. The van der Waals surface area contributed by atoms with Crippen molar-refractivity contribution in [2.45, 2.75) is 18.4 Å². The number of ether oxygens (including phenoxy) is 1. The Balaban J connectivity index is 2.10. The summed E-state index contributed by atoms with van der Waals surface area (Å²) in [5.41, 5.74) is 1.98. The molecule has 1 aromatic heterocycles. The lowest BCUT2D eigenvalue weighted by molar-refractivity contribution is 0.0629. The smallest absolute Gasteiger partial charge is 0.123 e. The van der Waals surface area contributed by atoms with Crippen molar-refractivity contribution in [1.29, 1.82) is 0 Å². The number of piperidine rings is 1. The van der Waals surface area contributed by atoms with E-state index in [2.05, 4.69) is 10.3 Å². The Morgan fingerprint density at radius 1 is 1.37 bits per heavy atom. The van der Waals surface area contributed by atoms with Crippen LogP contribution in [-0.2, 0) is 4.74 Å². The molecule has 3 nitrogen and oxygen atoms in total. The summed E-state index contributed by atoms with van der Waals surface area (Å²) < 4.78 is 19.1. The second-order valence-corrected chi connectivity index (χ2v) is 4.94. The second-order valence-electron chi connectivity index (χ2n) is 4.94. The second kappa shape index (κ2) is 5.23. The van der Waals surface area contributed by atoms with E-state index in [-0.39, 0.29) is 11.9 Å². The minimum Gasteiger partial charge on any atom is -0.379 e. The van der Waals surface area contributed by atoms with E-state index >= 15 is 0 Å². The van der Waals surface area contributed by atoms with Gasteiger partial charge in [0.05, 0.1) is 11.6 Å². The zero-order valence-electron chi connectivity index (χ0n) is 10.9. The quantitative estimate of drug-likeness (QED) is 0.900. The molecule has 2 atom stereocenters. The number of nitrogens with one attached hydrogen (secondary N) is 1. The zero-order chi connectivity index (χ0) is 13.2. The molecule has 0 radical (unpaired) electrons. The van der Waals surface area contributed by atoms with Crippen molar-refractivity contribution in [3.63, 3.8) is 0 Å². The van der Waals surface area contributed by atoms with Gasteiger partial charge in [0.25, 0.3) is 0 Å². The molecule has 2 heterocycles. The van der Waals surface area contributed by atoms with Crippen LogP contribution in [0.25, 0.3) is 10.9 Å². The first-order chi connectivity index (χ1) is 9.29. The van der Waals surface area contributed by atoms with Gasteiger partial charge in [-0.25, -0.2) is 4.39 Å². The highest BCUT2D eigenvalue weighted by Gasteiger charge is 2.27. The van der Waals surface area contributed by atoms with Crippen molar-refractivity contribution in [2.24, 2.45) is 0 Å². The van der Waals surface area contributed by atoms with Gasteiger partial charge < -0.3 is 10.1 Å². The predicted molar refractivity (Wildman–Crippen MR) is 72.7 cm³/mol. The number of fused-ring (bicyclic) bond motifs is 1. The van der Waals surface area contributed by atoms with Crippen molar-refractivity contribution in [3.8, 4) is 0 Å². The molecule has 1 N–H and O–H groups in total. The molecule has 1 aliphatic rings. The van der Waals surface area contributed by atoms with Gasteiger partial charge in [-0.2, -0.15) is 0 Å². The van der Waals surface area contributed by atoms with Gasteiger partial charge in [0, 0.05) is 31.2 Å². The molecule has 100 valence electrons. The number of hydrogen-bond donors (Lipinski definition) is 1. The van der Waals surface area contributed by atoms with Gasteiger partial charge in [0.1, 0.15) is 5.82 Å². The van der Waals surface area contributed by atoms with Crippen LogP contribution in [0.1, 0.15) is 17.9 Å². The third-order valence-corrected chi connectivity index (χ3v) is 3.87. The fraction of sp³-hybridized carbons (Fsp3) is 0.400. The van der Waals surface area contributed by atoms with Gasteiger partial charge in [-0.1, -0.05) is 0 Å². The Morgan fingerprint density at radius 2 is 2.26 bits per heavy atom. The normalized spacial score (nSPS) is 23.7. The molecule has 0 amide bonds. The Labute approximate surface area is 111 Å². The summed E-state index contributed by atoms with van der Waals surface area (Å²) in [6, 6.07) is 6.75. The first-order valence-electron chi connectivity index (χ1n) is 6.57. The highest BCUT2D eigenvalue weighted by Crippen LogP contribution is 2.32. The number of nitrogens with zero attached hydrogens (tertiary/aromatic N) is 1. The first kappa shape index (κ1) is 12.5. The van der Waals surface area contributed by atoms with Gasteiger partial charge in [0.15, 0.2) is 0 Å². The molecule has 3 rings (SSSR count). The topological polar surface area (TPSA) is 34.1 Å². The van der Waals surface area contributed by atoms with E-state index in [4.69, 9.17) is 4.74 Å². The zero-order valence-corrected chi connectivity index (χ0v) is 10.9. The number of halogens is 1. The predicted octanol–water partition coefficient (Wildman–Crippen LogP) is 2.47. The summed E-state index contributed by atoms with van der Waals surface area (Å²) in [4.78, 5) is 4.31. The van der Waals surface area contributed by atoms with Gasteiger partial charge in [-0.15, -0.1) is 0 Å². The molecular formula is C15H17FN2O. The van der Waals surface area contributed by atoms with E-state index in [9.17, 15) is 4.39 Å². The minimum absolute atomic E-state index is 0.127. The van der Waals surface area contributed by atoms with E-state index in [0.717, 1.165) is 36.0 Å². The Bertz CT molecular complexity index is 587. The highest BCUT2D eigenvalue weighted by molar-refractivity contribution is 5.82. The molecule has 0 spiro atoms. The highest BCUT2D eigenvalue weighted by atomic mass is 19.1. The molecule has 19 heavy (non-hydrogen) atoms. The Hall–Kier alpha value is -1.52. The summed E-state index contributed by atoms with van der Waals surface area (Å²) in [6.07, 6.45) is 2.92. The minimum atomic E-state index is -0.218. The summed E-state index contributed by atoms with van der Waals surface area (Å²) in [6.45, 7) is 1.80. The molecular weight excluding hydrogens is 243 g/mol. The summed E-state index contributed by atoms with van der Waals surface area (Å²) in [5, 5.41) is 4.23. The molecule has 0 saturated carbocycles. The van der Waals surface area contributed by atoms with Crippen molar-refractivity contribution >= 4 is 10.9 Å². The van der Waals surface area contributed by atoms with Crippen LogP contribution in [0.15, 0.2) is 30.5 Å². The van der Waals surface area contributed by atoms with Gasteiger partial charge in [-0.3, -0.25) is 4.98 Å². The lowest BCUT2D eigenvalue weighted by atomic mass is 9.86. The number of aromatic nitrogens is 1. The van der Waals surface area contributed by atoms with Crippen LogP contribution in [0, 0.1) is 5.82 Å². The number of pyridine rings is 1. The van der Waals surface area contributed by atoms with Crippen molar-refractivity contribution in [2.75, 3.05) is 20.2 Å². The lowest BCUT2D eigenvalue weighted by Gasteiger charge is -2.32. The van der Waals surface area contributed by atoms with Gasteiger partial charge in [-0.05, 0) is 42.8 Å². The van der Waals surface area contributed by atoms with E-state index in [1.165, 1.54) is 6.07 Å². The summed E-state index contributed by atoms with van der Waals surface area (Å²) in [5.74, 6) is 0.0724. The maximum Gasteiger partial charge on any atom is 0.123 e. The fourth-order valence-corrected chi connectivity index (χ4v) is 2.90. The fourth-order valence-electron chi connectivity index (χ4n) is 2.90. The lowest BCUT2D eigenvalue weighted by Crippen LogP contribution is -2.40. The van der Waals surface area contributed by atoms with Gasteiger partial charge in [0.2, 0.25) is 0 Å². The maximum atomic E-state index is 13.5. The number of benzene rings is 1. The van der Waals surface area contributed by atoms with Gasteiger partial charge >= 0.3 is 0 Å². The van der Waals surface area contributed by atoms with E-state index in [0.29, 0.717) is 5.92 Å². The van der Waals surface area contributed by atoms with E-state index < -0.39 is 0 Å². The number of rotatable bonds is 2. The SMILES string of the molecule is CO[C@@H]1CNCC[C@H]1c1ccnc2ccc(F)cc12. The van der Waals surface area contributed by atoms with Crippen molar-refractivity contribution in [3.05, 3.63) is 41.8 Å². The van der Waals surface area contributed by atoms with Crippen LogP contribution in [0.4, 0.5) is 4.39 Å². The summed E-state index contributed by atoms with van der Waals surface area (Å²) in [7, 11) is 1.73. The van der Waals surface area contributed by atoms with Crippen LogP contribution in [-0.4, -0.2) is 31.3 Å². The third kappa shape index (κ3) is 2.33. The van der Waals surface area contributed by atoms with Crippen LogP contribution >= 0.6 is 0 Å². The first-order valence-corrected chi connectivity index (χ1v) is 6.57. The molecule has 0 aliphatic carbocycles. The molecule has 0 bridgehead atoms. The molecule has 4 heteroatoms. The standard InChI is InChI=1S/C15H17FN2O/c1-19-15-9-17-6-4-12(15)11-5-7-18-14-3-2-10(16)8-13(11)14/h2-3,5,7-8,12,15,17H,4,6,9H2,1H3/t12-,15+/m0/s1. The monoisotopic (exact) mass is 260 g/mol. The van der Waals surface area contributed by atoms with E-state index in [1.54, 1.807) is 25.4 Å². The molecule has 1 saturated heterocycles. The third-order valence-electron chi connectivity index (χ3n) is 3.87. The van der Waals surface area contributed by atoms with Crippen molar-refractivity contribution in [1.82, 2.24) is 10.3 Å². The largest absolute Gasteiger partial charge is 0.379 e. The summed E-state index contributed by atoms with van der Waals surface area (Å²) >= 11 is 0. The van der Waals surface area contributed by atoms with Crippen LogP contribution in [0.2, 0.25) is 0 Å². The molecule has 1 aliphatic heterocycles. The van der Waals surface area contributed by atoms with E-state index in [1.807, 2.05) is 6.07 Å². The van der Waals surface area contributed by atoms with Crippen LogP contribution in [0.3, 0.4) is 0 Å². The van der Waals surface area contributed by atoms with Crippen LogP contribution < -0.4 is 5.32 Å². The number of hydrogen-bond acceptors (Lipinski definition) is 3. The Kier molecular flexibility index (Phi) is 3.44. The average molecular weight is 260 g/mol. The molecule has 1 fully saturated rings.